The maximum Gasteiger partial charge on any atom is 0.253 e. The van der Waals surface area contributed by atoms with E-state index in [0.29, 0.717) is 25.1 Å². The smallest absolute Gasteiger partial charge is 0.253 e. The number of nitrogens with one attached hydrogen (secondary N) is 1. The van der Waals surface area contributed by atoms with Gasteiger partial charge in [0.25, 0.3) is 10.0 Å². The third-order valence-electron chi connectivity index (χ3n) is 3.66. The van der Waals surface area contributed by atoms with Crippen LogP contribution in [0, 0.1) is 0 Å². The molecule has 5 nitrogen and oxygen atoms in total. The number of carbonyl (C=O) groups is 1. The second-order valence-corrected chi connectivity index (χ2v) is 9.77. The van der Waals surface area contributed by atoms with E-state index >= 15 is 0 Å². The lowest BCUT2D eigenvalue weighted by atomic mass is 10.2. The topological polar surface area (TPSA) is 66.5 Å². The number of nitrogens with zero attached hydrogens (tertiary/aromatic N) is 1. The fourth-order valence-electron chi connectivity index (χ4n) is 2.59. The summed E-state index contributed by atoms with van der Waals surface area (Å²) >= 11 is 4.43. The van der Waals surface area contributed by atoms with Gasteiger partial charge in [0.05, 0.1) is 3.79 Å². The average molecular weight is 415 g/mol. The van der Waals surface area contributed by atoms with E-state index in [-0.39, 0.29) is 10.1 Å². The molecule has 122 valence electrons. The molecule has 1 aliphatic heterocycles. The van der Waals surface area contributed by atoms with Crippen LogP contribution in [0.15, 0.2) is 50.5 Å². The van der Waals surface area contributed by atoms with Crippen molar-refractivity contribution in [3.8, 4) is 0 Å². The second-order valence-electron chi connectivity index (χ2n) is 5.19. The Labute approximate surface area is 147 Å². The van der Waals surface area contributed by atoms with Crippen LogP contribution >= 0.6 is 27.3 Å². The lowest BCUT2D eigenvalue weighted by Crippen LogP contribution is -2.42. The molecule has 1 aliphatic rings. The zero-order valence-electron chi connectivity index (χ0n) is 12.1. The summed E-state index contributed by atoms with van der Waals surface area (Å²) in [5, 5.41) is 2.79. The van der Waals surface area contributed by atoms with Gasteiger partial charge in [-0.3, -0.25) is 4.79 Å². The first-order valence-corrected chi connectivity index (χ1v) is 10.2. The van der Waals surface area contributed by atoms with Crippen LogP contribution < -0.4 is 5.32 Å². The van der Waals surface area contributed by atoms with Crippen LogP contribution in [-0.4, -0.2) is 31.2 Å². The van der Waals surface area contributed by atoms with Crippen LogP contribution in [0.1, 0.15) is 12.8 Å². The molecule has 2 aromatic rings. The number of carbonyl (C=O) groups excluding carboxylic acids is 1. The van der Waals surface area contributed by atoms with E-state index in [4.69, 9.17) is 0 Å². The maximum absolute atomic E-state index is 12.8. The molecule has 0 spiro atoms. The average Bonchev–Trinajstić information content (AvgIpc) is 3.17. The zero-order chi connectivity index (χ0) is 16.4. The van der Waals surface area contributed by atoms with Gasteiger partial charge in [-0.1, -0.05) is 18.2 Å². The number of thiophene rings is 1. The largest absolute Gasteiger partial charge is 0.325 e. The summed E-state index contributed by atoms with van der Waals surface area (Å²) in [6.45, 7) is 0.366. The molecule has 0 bridgehead atoms. The van der Waals surface area contributed by atoms with Crippen molar-refractivity contribution in [1.29, 1.82) is 0 Å². The number of benzene rings is 1. The Hall–Kier alpha value is -1.22. The SMILES string of the molecule is O=C(Nc1ccccc1)C1CCCN1S(=O)(=O)c1ccc(Br)s1. The van der Waals surface area contributed by atoms with Crippen LogP contribution in [0.5, 0.6) is 0 Å². The predicted octanol–water partition coefficient (Wildman–Crippen LogP) is 3.30. The van der Waals surface area contributed by atoms with E-state index in [9.17, 15) is 13.2 Å². The summed E-state index contributed by atoms with van der Waals surface area (Å²) in [4.78, 5) is 12.5. The predicted molar refractivity (Wildman–Crippen MR) is 94.0 cm³/mol. The fourth-order valence-corrected chi connectivity index (χ4v) is 6.38. The van der Waals surface area contributed by atoms with Gasteiger partial charge in [-0.05, 0) is 53.0 Å². The summed E-state index contributed by atoms with van der Waals surface area (Å²) in [5.41, 5.74) is 0.667. The number of rotatable bonds is 4. The first-order valence-electron chi connectivity index (χ1n) is 7.11. The molecule has 1 fully saturated rings. The van der Waals surface area contributed by atoms with Gasteiger partial charge in [0, 0.05) is 12.2 Å². The molecule has 0 saturated carbocycles. The van der Waals surface area contributed by atoms with E-state index in [1.54, 1.807) is 24.3 Å². The van der Waals surface area contributed by atoms with E-state index < -0.39 is 16.1 Å². The molecule has 1 amide bonds. The number of anilines is 1. The van der Waals surface area contributed by atoms with Gasteiger partial charge in [0.15, 0.2) is 0 Å². The van der Waals surface area contributed by atoms with Gasteiger partial charge in [0.2, 0.25) is 5.91 Å². The molecule has 0 radical (unpaired) electrons. The lowest BCUT2D eigenvalue weighted by molar-refractivity contribution is -0.119. The molecule has 1 atom stereocenters. The van der Waals surface area contributed by atoms with Crippen molar-refractivity contribution in [3.05, 3.63) is 46.3 Å². The van der Waals surface area contributed by atoms with Crippen molar-refractivity contribution >= 4 is 48.9 Å². The number of hydrogen-bond acceptors (Lipinski definition) is 4. The Morgan fingerprint density at radius 1 is 1.22 bits per heavy atom. The molecule has 23 heavy (non-hydrogen) atoms. The Morgan fingerprint density at radius 2 is 1.96 bits per heavy atom. The summed E-state index contributed by atoms with van der Waals surface area (Å²) in [6.07, 6.45) is 1.21. The van der Waals surface area contributed by atoms with Crippen molar-refractivity contribution in [1.82, 2.24) is 4.31 Å². The monoisotopic (exact) mass is 414 g/mol. The van der Waals surface area contributed by atoms with Gasteiger partial charge in [-0.2, -0.15) is 4.31 Å². The van der Waals surface area contributed by atoms with Crippen LogP contribution in [0.25, 0.3) is 0 Å². The Morgan fingerprint density at radius 3 is 2.61 bits per heavy atom. The lowest BCUT2D eigenvalue weighted by Gasteiger charge is -2.22. The van der Waals surface area contributed by atoms with Crippen molar-refractivity contribution < 1.29 is 13.2 Å². The maximum atomic E-state index is 12.8. The van der Waals surface area contributed by atoms with Gasteiger partial charge in [0.1, 0.15) is 10.3 Å². The quantitative estimate of drug-likeness (QED) is 0.834. The molecule has 1 aromatic carbocycles. The summed E-state index contributed by atoms with van der Waals surface area (Å²) in [6, 6.07) is 11.7. The van der Waals surface area contributed by atoms with Crippen molar-refractivity contribution in [2.75, 3.05) is 11.9 Å². The number of para-hydroxylation sites is 1. The summed E-state index contributed by atoms with van der Waals surface area (Å²) in [5.74, 6) is -0.284. The van der Waals surface area contributed by atoms with E-state index in [1.165, 1.54) is 4.31 Å². The highest BCUT2D eigenvalue weighted by Gasteiger charge is 2.40. The number of hydrogen-bond donors (Lipinski definition) is 1. The number of halogens is 1. The minimum Gasteiger partial charge on any atom is -0.325 e. The Bertz CT molecular complexity index is 805. The van der Waals surface area contributed by atoms with E-state index in [1.807, 2.05) is 18.2 Å². The normalized spacial score (nSPS) is 18.9. The minimum atomic E-state index is -3.64. The van der Waals surface area contributed by atoms with Crippen LogP contribution in [0.3, 0.4) is 0 Å². The molecule has 1 N–H and O–H groups in total. The summed E-state index contributed by atoms with van der Waals surface area (Å²) < 4.78 is 27.8. The third-order valence-corrected chi connectivity index (χ3v) is 7.66. The first-order chi connectivity index (χ1) is 11.0. The van der Waals surface area contributed by atoms with Crippen LogP contribution in [-0.2, 0) is 14.8 Å². The third kappa shape index (κ3) is 3.50. The van der Waals surface area contributed by atoms with Crippen LogP contribution in [0.2, 0.25) is 0 Å². The Balaban J connectivity index is 1.81. The molecule has 1 unspecified atom stereocenters. The van der Waals surface area contributed by atoms with E-state index in [2.05, 4.69) is 21.2 Å². The van der Waals surface area contributed by atoms with Gasteiger partial charge < -0.3 is 5.32 Å². The van der Waals surface area contributed by atoms with Crippen LogP contribution in [0.4, 0.5) is 5.69 Å². The van der Waals surface area contributed by atoms with Gasteiger partial charge >= 0.3 is 0 Å². The molecular weight excluding hydrogens is 400 g/mol. The second kappa shape index (κ2) is 6.72. The fraction of sp³-hybridized carbons (Fsp3) is 0.267. The van der Waals surface area contributed by atoms with Gasteiger partial charge in [-0.25, -0.2) is 8.42 Å². The van der Waals surface area contributed by atoms with Crippen molar-refractivity contribution in [3.63, 3.8) is 0 Å². The minimum absolute atomic E-state index is 0.254. The molecule has 1 aromatic heterocycles. The molecule has 8 heteroatoms. The Kier molecular flexibility index (Phi) is 4.86. The highest BCUT2D eigenvalue weighted by molar-refractivity contribution is 9.11. The standard InChI is InChI=1S/C15H15BrN2O3S2/c16-13-8-9-14(22-13)23(20,21)18-10-4-7-12(18)15(19)17-11-5-2-1-3-6-11/h1-3,5-6,8-9,12H,4,7,10H2,(H,17,19). The van der Waals surface area contributed by atoms with Gasteiger partial charge in [-0.15, -0.1) is 11.3 Å². The molecule has 0 aliphatic carbocycles. The molecule has 2 heterocycles. The first kappa shape index (κ1) is 16.6. The van der Waals surface area contributed by atoms with Crippen molar-refractivity contribution in [2.24, 2.45) is 0 Å². The van der Waals surface area contributed by atoms with E-state index in [0.717, 1.165) is 15.1 Å². The number of sulfonamides is 1. The highest BCUT2D eigenvalue weighted by Crippen LogP contribution is 2.32. The zero-order valence-corrected chi connectivity index (χ0v) is 15.3. The summed E-state index contributed by atoms with van der Waals surface area (Å²) in [7, 11) is -3.64. The molecular formula is C15H15BrN2O3S2. The molecule has 1 saturated heterocycles. The van der Waals surface area contributed by atoms with Crippen molar-refractivity contribution in [2.45, 2.75) is 23.1 Å². The number of amides is 1. The highest BCUT2D eigenvalue weighted by atomic mass is 79.9. The molecule has 3 rings (SSSR count).